The van der Waals surface area contributed by atoms with Crippen LogP contribution in [-0.4, -0.2) is 12.5 Å². The summed E-state index contributed by atoms with van der Waals surface area (Å²) in [6, 6.07) is 8.24. The summed E-state index contributed by atoms with van der Waals surface area (Å²) in [5, 5.41) is 3.04. The van der Waals surface area contributed by atoms with Crippen LogP contribution in [0.2, 0.25) is 0 Å². The molecule has 2 rings (SSSR count). The molecule has 1 aliphatic carbocycles. The number of carbonyl (C=O) groups excluding carboxylic acids is 1. The predicted octanol–water partition coefficient (Wildman–Crippen LogP) is 1.99. The van der Waals surface area contributed by atoms with E-state index in [9.17, 15) is 4.79 Å². The van der Waals surface area contributed by atoms with Crippen LogP contribution in [0.15, 0.2) is 24.3 Å². The molecule has 0 bridgehead atoms. The van der Waals surface area contributed by atoms with Gasteiger partial charge in [0.05, 0.1) is 0 Å². The standard InChI is InChI=1S/C15H22N2O/c1-11-4-2-5-12(8-11)10-17-15(18)14-7-3-6-13(14)9-16/h2,4-5,8,13-14H,3,6-7,9-10,16H2,1H3,(H,17,18). The minimum absolute atomic E-state index is 0.125. The number of carbonyl (C=O) groups is 1. The van der Waals surface area contributed by atoms with Gasteiger partial charge in [-0.15, -0.1) is 0 Å². The molecule has 0 saturated heterocycles. The number of amides is 1. The van der Waals surface area contributed by atoms with Crippen LogP contribution in [0.3, 0.4) is 0 Å². The zero-order chi connectivity index (χ0) is 13.0. The number of nitrogens with two attached hydrogens (primary N) is 1. The quantitative estimate of drug-likeness (QED) is 0.853. The van der Waals surface area contributed by atoms with Crippen molar-refractivity contribution in [2.24, 2.45) is 17.6 Å². The molecular weight excluding hydrogens is 224 g/mol. The first-order valence-electron chi connectivity index (χ1n) is 6.74. The summed E-state index contributed by atoms with van der Waals surface area (Å²) in [5.41, 5.74) is 8.09. The van der Waals surface area contributed by atoms with Crippen LogP contribution in [-0.2, 0) is 11.3 Å². The van der Waals surface area contributed by atoms with Gasteiger partial charge in [0, 0.05) is 12.5 Å². The average molecular weight is 246 g/mol. The molecule has 1 fully saturated rings. The molecule has 0 heterocycles. The number of aryl methyl sites for hydroxylation is 1. The Balaban J connectivity index is 1.88. The lowest BCUT2D eigenvalue weighted by Crippen LogP contribution is -2.34. The lowest BCUT2D eigenvalue weighted by atomic mass is 9.95. The molecule has 1 aromatic carbocycles. The van der Waals surface area contributed by atoms with E-state index in [1.165, 1.54) is 5.56 Å². The molecular formula is C15H22N2O. The molecule has 2 atom stereocenters. The largest absolute Gasteiger partial charge is 0.352 e. The summed E-state index contributed by atoms with van der Waals surface area (Å²) in [7, 11) is 0. The van der Waals surface area contributed by atoms with E-state index in [4.69, 9.17) is 5.73 Å². The summed E-state index contributed by atoms with van der Waals surface area (Å²) < 4.78 is 0. The molecule has 0 radical (unpaired) electrons. The van der Waals surface area contributed by atoms with Gasteiger partial charge in [-0.3, -0.25) is 4.79 Å². The summed E-state index contributed by atoms with van der Waals surface area (Å²) in [6.45, 7) is 3.31. The zero-order valence-electron chi connectivity index (χ0n) is 11.0. The Morgan fingerprint density at radius 3 is 3.00 bits per heavy atom. The molecule has 98 valence electrons. The van der Waals surface area contributed by atoms with Gasteiger partial charge in [-0.2, -0.15) is 0 Å². The summed E-state index contributed by atoms with van der Waals surface area (Å²) in [5.74, 6) is 0.673. The average Bonchev–Trinajstić information content (AvgIpc) is 2.84. The zero-order valence-corrected chi connectivity index (χ0v) is 11.0. The molecule has 1 aromatic rings. The minimum Gasteiger partial charge on any atom is -0.352 e. The smallest absolute Gasteiger partial charge is 0.223 e. The molecule has 3 N–H and O–H groups in total. The van der Waals surface area contributed by atoms with E-state index in [-0.39, 0.29) is 11.8 Å². The maximum Gasteiger partial charge on any atom is 0.223 e. The van der Waals surface area contributed by atoms with Gasteiger partial charge in [-0.25, -0.2) is 0 Å². The van der Waals surface area contributed by atoms with Gasteiger partial charge in [-0.1, -0.05) is 36.2 Å². The third-order valence-corrected chi connectivity index (χ3v) is 3.85. The van der Waals surface area contributed by atoms with Gasteiger partial charge in [0.25, 0.3) is 0 Å². The van der Waals surface area contributed by atoms with E-state index >= 15 is 0 Å². The second kappa shape index (κ2) is 6.01. The summed E-state index contributed by atoms with van der Waals surface area (Å²) >= 11 is 0. The van der Waals surface area contributed by atoms with Crippen LogP contribution >= 0.6 is 0 Å². The van der Waals surface area contributed by atoms with E-state index in [1.54, 1.807) is 0 Å². The van der Waals surface area contributed by atoms with Gasteiger partial charge in [-0.05, 0) is 37.8 Å². The first-order chi connectivity index (χ1) is 8.70. The highest BCUT2D eigenvalue weighted by Crippen LogP contribution is 2.30. The SMILES string of the molecule is Cc1cccc(CNC(=O)C2CCCC2CN)c1. The Kier molecular flexibility index (Phi) is 4.37. The van der Waals surface area contributed by atoms with Crippen molar-refractivity contribution in [3.05, 3.63) is 35.4 Å². The third kappa shape index (κ3) is 3.10. The van der Waals surface area contributed by atoms with Crippen molar-refractivity contribution in [2.45, 2.75) is 32.7 Å². The van der Waals surface area contributed by atoms with Crippen LogP contribution in [0.1, 0.15) is 30.4 Å². The van der Waals surface area contributed by atoms with Gasteiger partial charge in [0.15, 0.2) is 0 Å². The van der Waals surface area contributed by atoms with Crippen LogP contribution in [0, 0.1) is 18.8 Å². The number of hydrogen-bond acceptors (Lipinski definition) is 2. The third-order valence-electron chi connectivity index (χ3n) is 3.85. The maximum absolute atomic E-state index is 12.1. The molecule has 3 nitrogen and oxygen atoms in total. The fraction of sp³-hybridized carbons (Fsp3) is 0.533. The van der Waals surface area contributed by atoms with Gasteiger partial charge >= 0.3 is 0 Å². The van der Waals surface area contributed by atoms with Gasteiger partial charge in [0.2, 0.25) is 5.91 Å². The van der Waals surface area contributed by atoms with Crippen molar-refractivity contribution in [2.75, 3.05) is 6.54 Å². The second-order valence-corrected chi connectivity index (χ2v) is 5.24. The Bertz CT molecular complexity index is 417. The highest BCUT2D eigenvalue weighted by atomic mass is 16.1. The highest BCUT2D eigenvalue weighted by molar-refractivity contribution is 5.79. The van der Waals surface area contributed by atoms with Crippen LogP contribution in [0.25, 0.3) is 0 Å². The number of benzene rings is 1. The lowest BCUT2D eigenvalue weighted by Gasteiger charge is -2.17. The summed E-state index contributed by atoms with van der Waals surface area (Å²) in [4.78, 5) is 12.1. The first kappa shape index (κ1) is 13.1. The van der Waals surface area contributed by atoms with E-state index in [1.807, 2.05) is 12.1 Å². The maximum atomic E-state index is 12.1. The first-order valence-corrected chi connectivity index (χ1v) is 6.74. The van der Waals surface area contributed by atoms with Crippen molar-refractivity contribution in [1.82, 2.24) is 5.32 Å². The van der Waals surface area contributed by atoms with Crippen LogP contribution < -0.4 is 11.1 Å². The van der Waals surface area contributed by atoms with Gasteiger partial charge < -0.3 is 11.1 Å². The predicted molar refractivity (Wildman–Crippen MR) is 72.9 cm³/mol. The highest BCUT2D eigenvalue weighted by Gasteiger charge is 2.31. The van der Waals surface area contributed by atoms with Crippen molar-refractivity contribution < 1.29 is 4.79 Å². The molecule has 0 spiro atoms. The van der Waals surface area contributed by atoms with Crippen LogP contribution in [0.5, 0.6) is 0 Å². The molecule has 1 amide bonds. The molecule has 1 saturated carbocycles. The van der Waals surface area contributed by atoms with E-state index in [0.29, 0.717) is 19.0 Å². The topological polar surface area (TPSA) is 55.1 Å². The van der Waals surface area contributed by atoms with Crippen molar-refractivity contribution >= 4 is 5.91 Å². The normalized spacial score (nSPS) is 23.0. The van der Waals surface area contributed by atoms with Crippen molar-refractivity contribution in [3.8, 4) is 0 Å². The van der Waals surface area contributed by atoms with E-state index in [2.05, 4.69) is 24.4 Å². The molecule has 18 heavy (non-hydrogen) atoms. The van der Waals surface area contributed by atoms with Gasteiger partial charge in [0.1, 0.15) is 0 Å². The van der Waals surface area contributed by atoms with E-state index in [0.717, 1.165) is 24.8 Å². The Morgan fingerprint density at radius 1 is 1.44 bits per heavy atom. The van der Waals surface area contributed by atoms with Crippen LogP contribution in [0.4, 0.5) is 0 Å². The summed E-state index contributed by atoms with van der Waals surface area (Å²) in [6.07, 6.45) is 3.21. The minimum atomic E-state index is 0.125. The molecule has 0 aliphatic heterocycles. The van der Waals surface area contributed by atoms with Crippen molar-refractivity contribution in [3.63, 3.8) is 0 Å². The van der Waals surface area contributed by atoms with E-state index < -0.39 is 0 Å². The molecule has 1 aliphatic rings. The lowest BCUT2D eigenvalue weighted by molar-refractivity contribution is -0.126. The Labute approximate surface area is 109 Å². The molecule has 0 aromatic heterocycles. The molecule has 3 heteroatoms. The second-order valence-electron chi connectivity index (χ2n) is 5.24. The Hall–Kier alpha value is -1.35. The fourth-order valence-electron chi connectivity index (χ4n) is 2.81. The monoisotopic (exact) mass is 246 g/mol. The van der Waals surface area contributed by atoms with Crippen molar-refractivity contribution in [1.29, 1.82) is 0 Å². The number of rotatable bonds is 4. The molecule has 2 unspecified atom stereocenters. The number of hydrogen-bond donors (Lipinski definition) is 2. The Morgan fingerprint density at radius 2 is 2.28 bits per heavy atom. The number of nitrogens with one attached hydrogen (secondary N) is 1. The fourth-order valence-corrected chi connectivity index (χ4v) is 2.81.